The quantitative estimate of drug-likeness (QED) is 0.0269. The highest BCUT2D eigenvalue weighted by Crippen LogP contribution is 2.31. The molecule has 0 aromatic heterocycles. The molecule has 125 heavy (non-hydrogen) atoms. The van der Waals surface area contributed by atoms with E-state index in [1.807, 2.05) is 78.9 Å². The molecule has 0 spiro atoms. The molecule has 0 fully saturated rings. The number of unbranched alkanes of at least 4 members (excludes halogenated alkanes) is 18. The van der Waals surface area contributed by atoms with Gasteiger partial charge in [-0.1, -0.05) is 247 Å². The van der Waals surface area contributed by atoms with Crippen molar-refractivity contribution < 1.29 is 52.1 Å². The first-order valence-electron chi connectivity index (χ1n) is 48.3. The Morgan fingerprint density at radius 3 is 0.960 bits per heavy atom. The molecule has 7 aromatic rings. The van der Waals surface area contributed by atoms with E-state index in [4.69, 9.17) is 52.1 Å². The van der Waals surface area contributed by atoms with Gasteiger partial charge in [-0.25, -0.2) is 0 Å². The number of hydrogen-bond donors (Lipinski definition) is 0. The maximum atomic E-state index is 5.76. The fraction of sp³-hybridized carbons (Fsp3) is 0.526. The molecule has 0 heterocycles. The summed E-state index contributed by atoms with van der Waals surface area (Å²) in [5, 5.41) is 0. The standard InChI is InChI=1S/C17H26O2.C15H22O2.C15H22O.C14H20O.C13H18O2.C12H22O.C11H14.C9H10O.C8H14O/c1-3-16-10-12-17(13-11-16)19-15-9-7-5-4-6-8-14-18-2;1-3-14-9-8-10-15(13-14)17-12-7-5-4-6-11-16-2;1-2-3-4-5-6-11-16-15-10-9-13-7-8-14(13)12-15;1-2-3-4-5-10-15-14-9-8-12-6-7-13(12)11-14;1-14-8-2-3-9-15-13-7-6-11-4-5-12(11)10-13;1-4-7-8-11-13-12(9-5-2)10-6-3;1-2-3-9-4-5-10-6-7-11(10)8-9;1-10-9-5-4-7-2-3-8(7)6-9;1-4-7-9-8(5-2)6-3/h3,10-13H,1,4-9,14-15H2,2H3;3,8-10,13H,1,4-7,11-12H2,2H3;9-10,12H,2-8,11H2,1H3;8-9,11H,2-7,10H2,1H3;6-7,10H,2-5,8-9H2,1H3;5-6,12H,2-4,7-11H2,1H3;4-5,8H,2-3,6-7H2,1H3;4-6H,2-3H2,1H3;5-6,8H,2-4,7H2,1H3. The summed E-state index contributed by atoms with van der Waals surface area (Å²) in [6.07, 6.45) is 58.8. The van der Waals surface area contributed by atoms with Gasteiger partial charge in [0, 0.05) is 54.4 Å². The van der Waals surface area contributed by atoms with Crippen molar-refractivity contribution in [2.24, 2.45) is 0 Å². The van der Waals surface area contributed by atoms with E-state index in [0.717, 1.165) is 163 Å². The maximum absolute atomic E-state index is 5.76. The first kappa shape index (κ1) is 109. The molecule has 0 saturated carbocycles. The van der Waals surface area contributed by atoms with Gasteiger partial charge in [-0.15, -0.1) is 26.3 Å². The van der Waals surface area contributed by atoms with Gasteiger partial charge in [-0.2, -0.15) is 0 Å². The Kier molecular flexibility index (Phi) is 64.1. The predicted molar refractivity (Wildman–Crippen MR) is 534 cm³/mol. The molecule has 0 amide bonds. The van der Waals surface area contributed by atoms with Gasteiger partial charge in [-0.05, 0) is 299 Å². The Morgan fingerprint density at radius 2 is 0.600 bits per heavy atom. The first-order valence-corrected chi connectivity index (χ1v) is 48.3. The molecule has 0 unspecified atom stereocenters. The second kappa shape index (κ2) is 73.6. The smallest absolute Gasteiger partial charge is 0.119 e. The van der Waals surface area contributed by atoms with E-state index in [-0.39, 0.29) is 6.10 Å². The van der Waals surface area contributed by atoms with Crippen molar-refractivity contribution in [1.29, 1.82) is 0 Å². The van der Waals surface area contributed by atoms with Crippen molar-refractivity contribution in [3.8, 4) is 34.5 Å². The number of hydrogen-bond acceptors (Lipinski definition) is 11. The Bertz CT molecular complexity index is 3830. The SMILES string of the molecule is C=CC(C=C)OCCC.C=CCC(CC=C)OCCCCC.C=Cc1ccc(OCCCCCCCCOC)cc1.C=Cc1cccc(OCCCCCCOC)c1.CCCCCCCOc1ccc2c(c1)CC2.CCCCCCOc1ccc2c(c1)CC2.CCCc1ccc2c(c1)CC2.COCCCCOc1ccc2c(c1)CC2.COc1ccc2c(c1)CC2. The predicted octanol–water partition coefficient (Wildman–Crippen LogP) is 29.5. The molecule has 690 valence electrons. The van der Waals surface area contributed by atoms with Gasteiger partial charge < -0.3 is 52.1 Å². The van der Waals surface area contributed by atoms with E-state index in [2.05, 4.69) is 159 Å². The molecule has 0 atom stereocenters. The Hall–Kier alpha value is -8.42. The van der Waals surface area contributed by atoms with Gasteiger partial charge in [0.25, 0.3) is 0 Å². The van der Waals surface area contributed by atoms with Crippen LogP contribution in [-0.2, 0) is 94.3 Å². The Labute approximate surface area is 761 Å². The van der Waals surface area contributed by atoms with Crippen molar-refractivity contribution in [3.63, 3.8) is 0 Å². The zero-order valence-electron chi connectivity index (χ0n) is 79.8. The first-order chi connectivity index (χ1) is 61.4. The highest BCUT2D eigenvalue weighted by atomic mass is 16.5. The molecule has 0 saturated heterocycles. The summed E-state index contributed by atoms with van der Waals surface area (Å²) in [5.74, 6) is 6.01. The third-order valence-corrected chi connectivity index (χ3v) is 22.5. The fourth-order valence-corrected chi connectivity index (χ4v) is 14.2. The van der Waals surface area contributed by atoms with Crippen LogP contribution in [0.4, 0.5) is 0 Å². The molecule has 11 heteroatoms. The van der Waals surface area contributed by atoms with Crippen LogP contribution >= 0.6 is 0 Å². The second-order valence-electron chi connectivity index (χ2n) is 32.8. The minimum Gasteiger partial charge on any atom is -0.497 e. The third kappa shape index (κ3) is 50.1. The number of rotatable bonds is 56. The van der Waals surface area contributed by atoms with Gasteiger partial charge >= 0.3 is 0 Å². The third-order valence-electron chi connectivity index (χ3n) is 22.5. The van der Waals surface area contributed by atoms with Gasteiger partial charge in [0.1, 0.15) is 34.5 Å². The Morgan fingerprint density at radius 1 is 0.272 bits per heavy atom. The van der Waals surface area contributed by atoms with E-state index in [1.165, 1.54) is 249 Å². The van der Waals surface area contributed by atoms with Crippen LogP contribution in [0.2, 0.25) is 0 Å². The average molecular weight is 1710 g/mol. The number of fused-ring (bicyclic) bond motifs is 5. The zero-order chi connectivity index (χ0) is 90.1. The highest BCUT2D eigenvalue weighted by Gasteiger charge is 2.17. The van der Waals surface area contributed by atoms with Crippen LogP contribution in [-0.4, -0.2) is 107 Å². The molecule has 0 radical (unpaired) electrons. The normalized spacial score (nSPS) is 11.9. The van der Waals surface area contributed by atoms with Crippen LogP contribution in [0.5, 0.6) is 34.5 Å². The molecule has 11 nitrogen and oxygen atoms in total. The topological polar surface area (TPSA) is 102 Å². The van der Waals surface area contributed by atoms with Crippen LogP contribution < -0.4 is 28.4 Å². The van der Waals surface area contributed by atoms with Crippen molar-refractivity contribution in [2.75, 3.05) is 94.5 Å². The van der Waals surface area contributed by atoms with Crippen LogP contribution in [0, 0.1) is 0 Å². The lowest BCUT2D eigenvalue weighted by atomic mass is 9.87. The summed E-state index contributed by atoms with van der Waals surface area (Å²) in [6, 6.07) is 48.8. The van der Waals surface area contributed by atoms with Gasteiger partial charge in [0.05, 0.1) is 52.4 Å². The number of ether oxygens (including phenoxy) is 11. The monoisotopic (exact) mass is 1710 g/mol. The van der Waals surface area contributed by atoms with E-state index in [1.54, 1.807) is 51.7 Å². The van der Waals surface area contributed by atoms with E-state index in [0.29, 0.717) is 6.10 Å². The molecule has 0 bridgehead atoms. The fourth-order valence-electron chi connectivity index (χ4n) is 14.2. The summed E-state index contributed by atoms with van der Waals surface area (Å²) >= 11 is 0. The van der Waals surface area contributed by atoms with Crippen LogP contribution in [0.3, 0.4) is 0 Å². The van der Waals surface area contributed by atoms with Gasteiger partial charge in [-0.3, -0.25) is 0 Å². The molecular formula is C114H168O11. The van der Waals surface area contributed by atoms with E-state index in [9.17, 15) is 0 Å². The lowest BCUT2D eigenvalue weighted by Crippen LogP contribution is -2.11. The average Bonchev–Trinajstić information content (AvgIpc) is 0.860. The van der Waals surface area contributed by atoms with Crippen molar-refractivity contribution in [3.05, 3.63) is 276 Å². The Balaban J connectivity index is 0.000000297. The van der Waals surface area contributed by atoms with Crippen LogP contribution in [0.15, 0.2) is 203 Å². The highest BCUT2D eigenvalue weighted by molar-refractivity contribution is 5.50. The molecule has 12 rings (SSSR count). The lowest BCUT2D eigenvalue weighted by Gasteiger charge is -2.19. The number of methoxy groups -OCH3 is 4. The molecular weight excluding hydrogens is 1550 g/mol. The molecule has 0 aliphatic heterocycles. The summed E-state index contributed by atoms with van der Waals surface area (Å²) in [4.78, 5) is 0. The molecule has 5 aliphatic rings. The summed E-state index contributed by atoms with van der Waals surface area (Å²) < 4.78 is 59.5. The molecule has 7 aromatic carbocycles. The molecule has 5 aliphatic carbocycles. The second-order valence-corrected chi connectivity index (χ2v) is 32.8. The zero-order valence-corrected chi connectivity index (χ0v) is 79.8. The molecule has 0 N–H and O–H groups in total. The van der Waals surface area contributed by atoms with Crippen LogP contribution in [0.1, 0.15) is 287 Å². The van der Waals surface area contributed by atoms with Crippen molar-refractivity contribution >= 4 is 12.2 Å². The van der Waals surface area contributed by atoms with E-state index >= 15 is 0 Å². The minimum absolute atomic E-state index is 0.0324. The summed E-state index contributed by atoms with van der Waals surface area (Å²) in [5.41, 5.74) is 18.8. The summed E-state index contributed by atoms with van der Waals surface area (Å²) in [7, 11) is 6.95. The lowest BCUT2D eigenvalue weighted by molar-refractivity contribution is 0.0549. The van der Waals surface area contributed by atoms with Gasteiger partial charge in [0.15, 0.2) is 0 Å². The summed E-state index contributed by atoms with van der Waals surface area (Å²) in [6.45, 7) is 41.4. The van der Waals surface area contributed by atoms with E-state index < -0.39 is 0 Å². The van der Waals surface area contributed by atoms with Crippen LogP contribution in [0.25, 0.3) is 12.2 Å². The largest absolute Gasteiger partial charge is 0.497 e. The van der Waals surface area contributed by atoms with Crippen molar-refractivity contribution in [2.45, 2.75) is 297 Å². The van der Waals surface area contributed by atoms with Crippen molar-refractivity contribution in [1.82, 2.24) is 0 Å². The number of aryl methyl sites for hydroxylation is 11. The van der Waals surface area contributed by atoms with Gasteiger partial charge in [0.2, 0.25) is 0 Å². The minimum atomic E-state index is 0.0324. The number of benzene rings is 7. The maximum Gasteiger partial charge on any atom is 0.119 e.